The molecule has 0 saturated carbocycles. The highest BCUT2D eigenvalue weighted by atomic mass is 32.2. The normalized spacial score (nSPS) is 10.3. The zero-order chi connectivity index (χ0) is 14.3. The lowest BCUT2D eigenvalue weighted by molar-refractivity contribution is -0.115. The van der Waals surface area contributed by atoms with Crippen LogP contribution >= 0.6 is 36.6 Å². The number of carbonyl (C=O) groups excluding carboxylic acids is 1. The van der Waals surface area contributed by atoms with Crippen molar-refractivity contribution in [3.05, 3.63) is 35.4 Å². The number of thiocarbonyl (C=S) groups is 1. The van der Waals surface area contributed by atoms with E-state index in [-0.39, 0.29) is 5.91 Å². The highest BCUT2D eigenvalue weighted by Crippen LogP contribution is 2.17. The van der Waals surface area contributed by atoms with Crippen LogP contribution in [-0.2, 0) is 10.6 Å². The molecule has 19 heavy (non-hydrogen) atoms. The zero-order valence-electron chi connectivity index (χ0n) is 11.0. The van der Waals surface area contributed by atoms with Crippen LogP contribution < -0.4 is 0 Å². The van der Waals surface area contributed by atoms with Gasteiger partial charge < -0.3 is 0 Å². The lowest BCUT2D eigenvalue weighted by atomic mass is 10.1. The van der Waals surface area contributed by atoms with Crippen LogP contribution in [0, 0.1) is 0 Å². The molecule has 0 fully saturated rings. The Hall–Kier alpha value is -0.560. The highest BCUT2D eigenvalue weighted by Gasteiger charge is 2.14. The van der Waals surface area contributed by atoms with E-state index in [1.807, 2.05) is 38.1 Å². The SMILES string of the molecule is CCON(CC)C(=O)c1ccc(CSC(=S)S)cc1. The third-order valence-electron chi connectivity index (χ3n) is 2.36. The minimum absolute atomic E-state index is 0.117. The van der Waals surface area contributed by atoms with E-state index in [4.69, 9.17) is 17.1 Å². The zero-order valence-corrected chi connectivity index (χ0v) is 13.5. The highest BCUT2D eigenvalue weighted by molar-refractivity contribution is 8.41. The van der Waals surface area contributed by atoms with E-state index in [0.717, 1.165) is 11.3 Å². The fourth-order valence-electron chi connectivity index (χ4n) is 1.48. The molecule has 0 atom stereocenters. The molecule has 1 aromatic carbocycles. The van der Waals surface area contributed by atoms with Crippen LogP contribution in [0.2, 0.25) is 0 Å². The summed E-state index contributed by atoms with van der Waals surface area (Å²) in [4.78, 5) is 17.4. The number of rotatable bonds is 6. The minimum Gasteiger partial charge on any atom is -0.271 e. The summed E-state index contributed by atoms with van der Waals surface area (Å²) in [6, 6.07) is 7.46. The Kier molecular flexibility index (Phi) is 7.45. The predicted molar refractivity (Wildman–Crippen MR) is 87.7 cm³/mol. The number of hydroxylamine groups is 2. The molecule has 0 spiro atoms. The van der Waals surface area contributed by atoms with Crippen LogP contribution in [0.25, 0.3) is 0 Å². The van der Waals surface area contributed by atoms with Crippen LogP contribution in [0.1, 0.15) is 29.8 Å². The Morgan fingerprint density at radius 1 is 1.37 bits per heavy atom. The van der Waals surface area contributed by atoms with E-state index in [0.29, 0.717) is 22.2 Å². The standard InChI is InChI=1S/C13H17NO2S3/c1-3-14(16-4-2)12(15)11-7-5-10(6-8-11)9-19-13(17)18/h5-8H,3-4,9H2,1-2H3,(H,17,18). The van der Waals surface area contributed by atoms with Crippen molar-refractivity contribution in [2.45, 2.75) is 19.6 Å². The Balaban J connectivity index is 2.69. The van der Waals surface area contributed by atoms with Crippen molar-refractivity contribution in [1.29, 1.82) is 0 Å². The first-order valence-corrected chi connectivity index (χ1v) is 7.82. The van der Waals surface area contributed by atoms with Gasteiger partial charge in [0.15, 0.2) is 0 Å². The maximum atomic E-state index is 12.1. The third-order valence-corrected chi connectivity index (χ3v) is 3.83. The lowest BCUT2D eigenvalue weighted by Crippen LogP contribution is -2.30. The summed E-state index contributed by atoms with van der Waals surface area (Å²) in [5, 5.41) is 1.37. The minimum atomic E-state index is -0.117. The number of carbonyl (C=O) groups is 1. The van der Waals surface area contributed by atoms with Gasteiger partial charge in [0.05, 0.1) is 6.61 Å². The first-order chi connectivity index (χ1) is 9.08. The van der Waals surface area contributed by atoms with Gasteiger partial charge in [-0.1, -0.05) is 24.4 Å². The second-order valence-corrected chi connectivity index (χ2v) is 6.37. The molecule has 1 amide bonds. The fourth-order valence-corrected chi connectivity index (χ4v) is 2.33. The van der Waals surface area contributed by atoms with E-state index in [1.165, 1.54) is 16.8 Å². The molecular weight excluding hydrogens is 298 g/mol. The van der Waals surface area contributed by atoms with Gasteiger partial charge in [0.1, 0.15) is 3.53 Å². The number of benzene rings is 1. The molecule has 0 bridgehead atoms. The average Bonchev–Trinajstić information content (AvgIpc) is 2.42. The van der Waals surface area contributed by atoms with E-state index < -0.39 is 0 Å². The number of hydrogen-bond acceptors (Lipinski definition) is 4. The molecular formula is C13H17NO2S3. The van der Waals surface area contributed by atoms with Gasteiger partial charge in [0, 0.05) is 17.9 Å². The maximum Gasteiger partial charge on any atom is 0.277 e. The van der Waals surface area contributed by atoms with Crippen LogP contribution in [0.3, 0.4) is 0 Å². The van der Waals surface area contributed by atoms with Crippen molar-refractivity contribution in [3.63, 3.8) is 0 Å². The van der Waals surface area contributed by atoms with Crippen LogP contribution in [0.4, 0.5) is 0 Å². The first-order valence-electron chi connectivity index (χ1n) is 5.97. The van der Waals surface area contributed by atoms with Crippen LogP contribution in [0.15, 0.2) is 24.3 Å². The van der Waals surface area contributed by atoms with E-state index in [1.54, 1.807) is 0 Å². The first kappa shape index (κ1) is 16.5. The monoisotopic (exact) mass is 315 g/mol. The summed E-state index contributed by atoms with van der Waals surface area (Å²) in [5.74, 6) is 0.646. The summed E-state index contributed by atoms with van der Waals surface area (Å²) in [5.41, 5.74) is 1.73. The molecule has 0 radical (unpaired) electrons. The van der Waals surface area contributed by atoms with Gasteiger partial charge in [-0.2, -0.15) is 0 Å². The molecule has 3 nitrogen and oxygen atoms in total. The summed E-state index contributed by atoms with van der Waals surface area (Å²) < 4.78 is 0.619. The summed E-state index contributed by atoms with van der Waals surface area (Å²) >= 11 is 10.4. The van der Waals surface area contributed by atoms with E-state index in [9.17, 15) is 4.79 Å². The van der Waals surface area contributed by atoms with Crippen molar-refractivity contribution in [3.8, 4) is 0 Å². The van der Waals surface area contributed by atoms with Gasteiger partial charge in [-0.05, 0) is 31.5 Å². The number of thioether (sulfide) groups is 1. The van der Waals surface area contributed by atoms with Gasteiger partial charge in [0.2, 0.25) is 0 Å². The molecule has 0 N–H and O–H groups in total. The van der Waals surface area contributed by atoms with Gasteiger partial charge in [-0.25, -0.2) is 5.06 Å². The molecule has 0 aliphatic carbocycles. The van der Waals surface area contributed by atoms with Crippen molar-refractivity contribution in [2.75, 3.05) is 13.2 Å². The predicted octanol–water partition coefficient (Wildman–Crippen LogP) is 3.55. The van der Waals surface area contributed by atoms with Crippen LogP contribution in [0.5, 0.6) is 0 Å². The van der Waals surface area contributed by atoms with Gasteiger partial charge in [-0.15, -0.1) is 24.4 Å². The molecule has 0 aliphatic rings. The number of nitrogens with zero attached hydrogens (tertiary/aromatic N) is 1. The maximum absolute atomic E-state index is 12.1. The Morgan fingerprint density at radius 2 is 2.00 bits per heavy atom. The largest absolute Gasteiger partial charge is 0.277 e. The van der Waals surface area contributed by atoms with Crippen molar-refractivity contribution < 1.29 is 9.63 Å². The van der Waals surface area contributed by atoms with E-state index >= 15 is 0 Å². The van der Waals surface area contributed by atoms with Crippen molar-refractivity contribution in [2.24, 2.45) is 0 Å². The topological polar surface area (TPSA) is 29.5 Å². The molecule has 1 rings (SSSR count). The number of amides is 1. The number of hydrogen-bond donors (Lipinski definition) is 1. The van der Waals surface area contributed by atoms with E-state index in [2.05, 4.69) is 12.6 Å². The van der Waals surface area contributed by atoms with Crippen molar-refractivity contribution in [1.82, 2.24) is 5.06 Å². The third kappa shape index (κ3) is 5.52. The molecule has 0 unspecified atom stereocenters. The summed E-state index contributed by atoms with van der Waals surface area (Å²) in [6.07, 6.45) is 0. The second-order valence-electron chi connectivity index (χ2n) is 3.67. The Morgan fingerprint density at radius 3 is 2.47 bits per heavy atom. The van der Waals surface area contributed by atoms with Crippen LogP contribution in [-0.4, -0.2) is 27.7 Å². The van der Waals surface area contributed by atoms with Crippen molar-refractivity contribution >= 4 is 46.0 Å². The molecule has 0 aromatic heterocycles. The smallest absolute Gasteiger partial charge is 0.271 e. The summed E-state index contributed by atoms with van der Waals surface area (Å²) in [7, 11) is 0. The molecule has 0 heterocycles. The second kappa shape index (κ2) is 8.58. The summed E-state index contributed by atoms with van der Waals surface area (Å²) in [6.45, 7) is 4.74. The Bertz CT molecular complexity index is 434. The van der Waals surface area contributed by atoms with Gasteiger partial charge >= 0.3 is 0 Å². The Labute approximate surface area is 129 Å². The lowest BCUT2D eigenvalue weighted by Gasteiger charge is -2.19. The number of thiol groups is 1. The molecule has 0 saturated heterocycles. The molecule has 0 aliphatic heterocycles. The molecule has 1 aromatic rings. The average molecular weight is 315 g/mol. The molecule has 6 heteroatoms. The quantitative estimate of drug-likeness (QED) is 0.494. The fraction of sp³-hybridized carbons (Fsp3) is 0.385. The van der Waals surface area contributed by atoms with Gasteiger partial charge in [-0.3, -0.25) is 9.63 Å². The van der Waals surface area contributed by atoms with Gasteiger partial charge in [0.25, 0.3) is 5.91 Å². The molecule has 104 valence electrons.